The van der Waals surface area contributed by atoms with Crippen LogP contribution in [0.25, 0.3) is 10.2 Å². The molecule has 0 radical (unpaired) electrons. The normalized spacial score (nSPS) is 10.6. The van der Waals surface area contributed by atoms with Gasteiger partial charge < -0.3 is 16.4 Å². The van der Waals surface area contributed by atoms with Crippen molar-refractivity contribution in [3.63, 3.8) is 0 Å². The number of thiophene rings is 1. The fraction of sp³-hybridized carbons (Fsp3) is 0.364. The standard InChI is InChI=1S/C11H15N5OS/c1-6-5-8-9(14-4-3-13-7(2)17)15-11(12)16-10(8)18-6/h5H,3-4H2,1-2H3,(H,13,17)(H3,12,14,15,16). The van der Waals surface area contributed by atoms with Crippen LogP contribution in [-0.4, -0.2) is 29.0 Å². The zero-order valence-corrected chi connectivity index (χ0v) is 11.1. The number of nitrogens with zero attached hydrogens (tertiary/aromatic N) is 2. The number of anilines is 2. The van der Waals surface area contributed by atoms with Crippen LogP contribution >= 0.6 is 11.3 Å². The summed E-state index contributed by atoms with van der Waals surface area (Å²) in [6, 6.07) is 2.03. The van der Waals surface area contributed by atoms with E-state index in [9.17, 15) is 4.79 Å². The van der Waals surface area contributed by atoms with Crippen molar-refractivity contribution in [2.24, 2.45) is 0 Å². The molecule has 0 saturated carbocycles. The molecule has 0 bridgehead atoms. The largest absolute Gasteiger partial charge is 0.368 e. The molecule has 6 nitrogen and oxygen atoms in total. The van der Waals surface area contributed by atoms with E-state index in [0.29, 0.717) is 18.9 Å². The van der Waals surface area contributed by atoms with Crippen LogP contribution in [0.4, 0.5) is 11.8 Å². The highest BCUT2D eigenvalue weighted by atomic mass is 32.1. The lowest BCUT2D eigenvalue weighted by molar-refractivity contribution is -0.118. The van der Waals surface area contributed by atoms with Crippen molar-refractivity contribution in [1.29, 1.82) is 0 Å². The summed E-state index contributed by atoms with van der Waals surface area (Å²) in [5.41, 5.74) is 5.66. The summed E-state index contributed by atoms with van der Waals surface area (Å²) in [6.45, 7) is 4.65. The molecule has 2 heterocycles. The average molecular weight is 265 g/mol. The summed E-state index contributed by atoms with van der Waals surface area (Å²) in [5, 5.41) is 6.84. The Morgan fingerprint density at radius 2 is 2.22 bits per heavy atom. The molecule has 0 aliphatic rings. The van der Waals surface area contributed by atoms with Crippen LogP contribution < -0.4 is 16.4 Å². The number of nitrogens with one attached hydrogen (secondary N) is 2. The number of aromatic nitrogens is 2. The summed E-state index contributed by atoms with van der Waals surface area (Å²) < 4.78 is 0. The Labute approximate surface area is 109 Å². The van der Waals surface area contributed by atoms with Gasteiger partial charge in [0.15, 0.2) is 0 Å². The second kappa shape index (κ2) is 5.18. The second-order valence-corrected chi connectivity index (χ2v) is 5.15. The first kappa shape index (κ1) is 12.6. The first-order valence-corrected chi connectivity index (χ1v) is 6.40. The van der Waals surface area contributed by atoms with Gasteiger partial charge in [-0.15, -0.1) is 11.3 Å². The van der Waals surface area contributed by atoms with Crippen LogP contribution in [-0.2, 0) is 4.79 Å². The monoisotopic (exact) mass is 265 g/mol. The van der Waals surface area contributed by atoms with E-state index in [2.05, 4.69) is 20.6 Å². The van der Waals surface area contributed by atoms with Crippen molar-refractivity contribution < 1.29 is 4.79 Å². The minimum Gasteiger partial charge on any atom is -0.368 e. The molecule has 0 aliphatic heterocycles. The molecule has 1 amide bonds. The SMILES string of the molecule is CC(=O)NCCNc1nc(N)nc2sc(C)cc12. The zero-order valence-electron chi connectivity index (χ0n) is 10.3. The van der Waals surface area contributed by atoms with E-state index < -0.39 is 0 Å². The number of fused-ring (bicyclic) bond motifs is 1. The second-order valence-electron chi connectivity index (χ2n) is 3.92. The Bertz CT molecular complexity index is 580. The van der Waals surface area contributed by atoms with Gasteiger partial charge in [-0.1, -0.05) is 0 Å². The third-order valence-electron chi connectivity index (χ3n) is 2.32. The number of rotatable bonds is 4. The van der Waals surface area contributed by atoms with Gasteiger partial charge in [0.2, 0.25) is 11.9 Å². The number of hydrogen-bond donors (Lipinski definition) is 3. The third-order valence-corrected chi connectivity index (χ3v) is 3.27. The molecule has 2 aromatic heterocycles. The molecular formula is C11H15N5OS. The first-order chi connectivity index (χ1) is 8.56. The Morgan fingerprint density at radius 1 is 1.44 bits per heavy atom. The van der Waals surface area contributed by atoms with Gasteiger partial charge in [-0.2, -0.15) is 4.98 Å². The van der Waals surface area contributed by atoms with Crippen LogP contribution in [0.15, 0.2) is 6.07 Å². The van der Waals surface area contributed by atoms with Crippen LogP contribution in [0.5, 0.6) is 0 Å². The molecule has 0 atom stereocenters. The molecule has 18 heavy (non-hydrogen) atoms. The molecule has 7 heteroatoms. The molecule has 0 unspecified atom stereocenters. The summed E-state index contributed by atoms with van der Waals surface area (Å²) in [4.78, 5) is 21.2. The quantitative estimate of drug-likeness (QED) is 0.721. The summed E-state index contributed by atoms with van der Waals surface area (Å²) in [7, 11) is 0. The van der Waals surface area contributed by atoms with Gasteiger partial charge in [0.25, 0.3) is 0 Å². The maximum atomic E-state index is 10.7. The molecule has 0 fully saturated rings. The fourth-order valence-corrected chi connectivity index (χ4v) is 2.50. The van der Waals surface area contributed by atoms with Crippen molar-refractivity contribution in [3.8, 4) is 0 Å². The van der Waals surface area contributed by atoms with E-state index in [0.717, 1.165) is 15.1 Å². The van der Waals surface area contributed by atoms with E-state index >= 15 is 0 Å². The Kier molecular flexibility index (Phi) is 3.61. The zero-order chi connectivity index (χ0) is 13.1. The lowest BCUT2D eigenvalue weighted by Gasteiger charge is -2.07. The van der Waals surface area contributed by atoms with Crippen LogP contribution in [0.2, 0.25) is 0 Å². The van der Waals surface area contributed by atoms with E-state index in [1.165, 1.54) is 6.92 Å². The van der Waals surface area contributed by atoms with Crippen LogP contribution in [0.3, 0.4) is 0 Å². The number of amides is 1. The Morgan fingerprint density at radius 3 is 2.94 bits per heavy atom. The molecular weight excluding hydrogens is 250 g/mol. The molecule has 0 aromatic carbocycles. The molecule has 96 valence electrons. The van der Waals surface area contributed by atoms with Crippen LogP contribution in [0.1, 0.15) is 11.8 Å². The van der Waals surface area contributed by atoms with Gasteiger partial charge in [-0.25, -0.2) is 4.98 Å². The van der Waals surface area contributed by atoms with Gasteiger partial charge in [-0.3, -0.25) is 4.79 Å². The molecule has 2 rings (SSSR count). The molecule has 0 saturated heterocycles. The smallest absolute Gasteiger partial charge is 0.223 e. The van der Waals surface area contributed by atoms with E-state index in [4.69, 9.17) is 5.73 Å². The van der Waals surface area contributed by atoms with Crippen molar-refractivity contribution in [1.82, 2.24) is 15.3 Å². The molecule has 4 N–H and O–H groups in total. The van der Waals surface area contributed by atoms with Gasteiger partial charge in [0.1, 0.15) is 10.6 Å². The Balaban J connectivity index is 2.14. The van der Waals surface area contributed by atoms with Gasteiger partial charge in [0.05, 0.1) is 5.39 Å². The van der Waals surface area contributed by atoms with Gasteiger partial charge in [0, 0.05) is 24.9 Å². The average Bonchev–Trinajstić information content (AvgIpc) is 2.64. The molecule has 0 spiro atoms. The molecule has 2 aromatic rings. The summed E-state index contributed by atoms with van der Waals surface area (Å²) in [6.07, 6.45) is 0. The van der Waals surface area contributed by atoms with Gasteiger partial charge >= 0.3 is 0 Å². The third kappa shape index (κ3) is 2.86. The van der Waals surface area contributed by atoms with Crippen molar-refractivity contribution in [2.45, 2.75) is 13.8 Å². The highest BCUT2D eigenvalue weighted by Gasteiger charge is 2.08. The predicted molar refractivity (Wildman–Crippen MR) is 73.7 cm³/mol. The van der Waals surface area contributed by atoms with Crippen LogP contribution in [0, 0.1) is 6.92 Å². The maximum absolute atomic E-state index is 10.7. The minimum atomic E-state index is -0.0458. The highest BCUT2D eigenvalue weighted by molar-refractivity contribution is 7.18. The first-order valence-electron chi connectivity index (χ1n) is 5.58. The van der Waals surface area contributed by atoms with Crippen molar-refractivity contribution in [2.75, 3.05) is 24.1 Å². The van der Waals surface area contributed by atoms with Gasteiger partial charge in [-0.05, 0) is 13.0 Å². The number of hydrogen-bond acceptors (Lipinski definition) is 6. The number of nitrogen functional groups attached to an aromatic ring is 1. The van der Waals surface area contributed by atoms with Crippen molar-refractivity contribution >= 4 is 39.2 Å². The minimum absolute atomic E-state index is 0.0458. The van der Waals surface area contributed by atoms with E-state index in [1.807, 2.05) is 13.0 Å². The maximum Gasteiger partial charge on any atom is 0.223 e. The number of aryl methyl sites for hydroxylation is 1. The molecule has 0 aliphatic carbocycles. The van der Waals surface area contributed by atoms with E-state index in [1.54, 1.807) is 11.3 Å². The number of carbonyl (C=O) groups excluding carboxylic acids is 1. The van der Waals surface area contributed by atoms with Crippen molar-refractivity contribution in [3.05, 3.63) is 10.9 Å². The number of nitrogens with two attached hydrogens (primary N) is 1. The predicted octanol–water partition coefficient (Wildman–Crippen LogP) is 1.13. The Hall–Kier alpha value is -1.89. The summed E-state index contributed by atoms with van der Waals surface area (Å²) >= 11 is 1.58. The number of carbonyl (C=O) groups is 1. The van der Waals surface area contributed by atoms with E-state index in [-0.39, 0.29) is 11.9 Å². The lowest BCUT2D eigenvalue weighted by Crippen LogP contribution is -2.26. The lowest BCUT2D eigenvalue weighted by atomic mass is 10.3. The topological polar surface area (TPSA) is 92.9 Å². The summed E-state index contributed by atoms with van der Waals surface area (Å²) in [5.74, 6) is 0.925. The fourth-order valence-electron chi connectivity index (χ4n) is 1.61. The highest BCUT2D eigenvalue weighted by Crippen LogP contribution is 2.28.